The Kier molecular flexibility index (Phi) is 6.70. The molecule has 0 spiro atoms. The Labute approximate surface area is 193 Å². The highest BCUT2D eigenvalue weighted by atomic mass is 16.6. The quantitative estimate of drug-likeness (QED) is 0.588. The van der Waals surface area contributed by atoms with Crippen molar-refractivity contribution in [2.24, 2.45) is 0 Å². The lowest BCUT2D eigenvalue weighted by molar-refractivity contribution is -0.00152. The molecular formula is C26H30N2O5. The van der Waals surface area contributed by atoms with Crippen molar-refractivity contribution in [1.29, 1.82) is 0 Å². The molecular weight excluding hydrogens is 420 g/mol. The van der Waals surface area contributed by atoms with Gasteiger partial charge in [0.25, 0.3) is 0 Å². The summed E-state index contributed by atoms with van der Waals surface area (Å²) < 4.78 is 16.6. The topological polar surface area (TPSA) is 85.0 Å². The summed E-state index contributed by atoms with van der Waals surface area (Å²) in [6, 6.07) is 19.4. The zero-order chi connectivity index (χ0) is 23.4. The summed E-state index contributed by atoms with van der Waals surface area (Å²) in [6.07, 6.45) is -0.365. The standard InChI is InChI=1S/C26H30N2O5/c1-26(2,3)32-25(30)28-14-13-22(24(29)16-28)18-9-11-20(12-10-18)31-17-21-15-23(27-33-21)19-7-5-4-6-8-19/h4-12,15,22,24,29H,13-14,16-17H2,1-3H3. The Morgan fingerprint density at radius 2 is 1.88 bits per heavy atom. The number of rotatable bonds is 5. The third-order valence-corrected chi connectivity index (χ3v) is 5.55. The van der Waals surface area contributed by atoms with Crippen LogP contribution in [0.15, 0.2) is 65.2 Å². The van der Waals surface area contributed by atoms with E-state index in [1.54, 1.807) is 4.90 Å². The van der Waals surface area contributed by atoms with Gasteiger partial charge in [-0.15, -0.1) is 0 Å². The van der Waals surface area contributed by atoms with Crippen LogP contribution in [-0.4, -0.2) is 46.1 Å². The molecule has 2 heterocycles. The van der Waals surface area contributed by atoms with Crippen molar-refractivity contribution in [3.63, 3.8) is 0 Å². The van der Waals surface area contributed by atoms with E-state index < -0.39 is 11.7 Å². The molecule has 1 amide bonds. The van der Waals surface area contributed by atoms with Gasteiger partial charge in [-0.25, -0.2) is 4.79 Å². The normalized spacial score (nSPS) is 18.7. The molecule has 1 aliphatic heterocycles. The average molecular weight is 451 g/mol. The summed E-state index contributed by atoms with van der Waals surface area (Å²) >= 11 is 0. The summed E-state index contributed by atoms with van der Waals surface area (Å²) in [6.45, 7) is 6.58. The van der Waals surface area contributed by atoms with Crippen LogP contribution < -0.4 is 4.74 Å². The van der Waals surface area contributed by atoms with Gasteiger partial charge < -0.3 is 24.0 Å². The summed E-state index contributed by atoms with van der Waals surface area (Å²) in [5, 5.41) is 14.8. The predicted molar refractivity (Wildman–Crippen MR) is 124 cm³/mol. The zero-order valence-electron chi connectivity index (χ0n) is 19.2. The van der Waals surface area contributed by atoms with Crippen LogP contribution >= 0.6 is 0 Å². The van der Waals surface area contributed by atoms with Gasteiger partial charge in [0.15, 0.2) is 5.76 Å². The number of piperidine rings is 1. The van der Waals surface area contributed by atoms with Crippen LogP contribution in [0.3, 0.4) is 0 Å². The van der Waals surface area contributed by atoms with E-state index in [2.05, 4.69) is 5.16 Å². The van der Waals surface area contributed by atoms with E-state index in [1.807, 2.05) is 81.4 Å². The highest BCUT2D eigenvalue weighted by Gasteiger charge is 2.33. The van der Waals surface area contributed by atoms with Crippen LogP contribution in [0, 0.1) is 0 Å². The van der Waals surface area contributed by atoms with Gasteiger partial charge in [0.1, 0.15) is 23.7 Å². The summed E-state index contributed by atoms with van der Waals surface area (Å²) in [5.74, 6) is 1.31. The van der Waals surface area contributed by atoms with Crippen LogP contribution in [0.5, 0.6) is 5.75 Å². The Morgan fingerprint density at radius 3 is 2.55 bits per heavy atom. The first kappa shape index (κ1) is 22.9. The first-order chi connectivity index (χ1) is 15.8. The molecule has 2 unspecified atom stereocenters. The van der Waals surface area contributed by atoms with Gasteiger partial charge >= 0.3 is 6.09 Å². The molecule has 1 saturated heterocycles. The fourth-order valence-corrected chi connectivity index (χ4v) is 3.90. The number of carbonyl (C=O) groups is 1. The number of amides is 1. The number of β-amino-alcohol motifs (C(OH)–C–C–N with tert-alkyl or cyclic N) is 1. The number of aliphatic hydroxyl groups excluding tert-OH is 1. The van der Waals surface area contributed by atoms with Gasteiger partial charge in [-0.3, -0.25) is 0 Å². The predicted octanol–water partition coefficient (Wildman–Crippen LogP) is 5.01. The number of aromatic nitrogens is 1. The fraction of sp³-hybridized carbons (Fsp3) is 0.385. The minimum atomic E-state index is -0.649. The van der Waals surface area contributed by atoms with Gasteiger partial charge in [0.05, 0.1) is 12.6 Å². The van der Waals surface area contributed by atoms with Gasteiger partial charge in [-0.05, 0) is 44.9 Å². The van der Waals surface area contributed by atoms with E-state index in [4.69, 9.17) is 14.0 Å². The molecule has 2 atom stereocenters. The van der Waals surface area contributed by atoms with E-state index in [0.717, 1.165) is 16.8 Å². The van der Waals surface area contributed by atoms with Crippen LogP contribution in [0.4, 0.5) is 4.79 Å². The van der Waals surface area contributed by atoms with Gasteiger partial charge in [0, 0.05) is 24.1 Å². The smallest absolute Gasteiger partial charge is 0.410 e. The number of carbonyl (C=O) groups excluding carboxylic acids is 1. The SMILES string of the molecule is CC(C)(C)OC(=O)N1CCC(c2ccc(OCc3cc(-c4ccccc4)no3)cc2)C(O)C1. The molecule has 1 N–H and O–H groups in total. The van der Waals surface area contributed by atoms with Crippen molar-refractivity contribution in [2.75, 3.05) is 13.1 Å². The molecule has 4 rings (SSSR count). The third kappa shape index (κ3) is 5.93. The minimum absolute atomic E-state index is 0.0413. The van der Waals surface area contributed by atoms with Crippen LogP contribution in [-0.2, 0) is 11.3 Å². The van der Waals surface area contributed by atoms with Gasteiger partial charge in [-0.2, -0.15) is 0 Å². The lowest BCUT2D eigenvalue weighted by Gasteiger charge is -2.36. The number of nitrogens with zero attached hydrogens (tertiary/aromatic N) is 2. The van der Waals surface area contributed by atoms with Crippen LogP contribution in [0.2, 0.25) is 0 Å². The Bertz CT molecular complexity index is 1060. The minimum Gasteiger partial charge on any atom is -0.486 e. The first-order valence-corrected chi connectivity index (χ1v) is 11.2. The van der Waals surface area contributed by atoms with Crippen molar-refractivity contribution >= 4 is 6.09 Å². The molecule has 0 radical (unpaired) electrons. The Balaban J connectivity index is 1.31. The summed E-state index contributed by atoms with van der Waals surface area (Å²) in [7, 11) is 0. The maximum Gasteiger partial charge on any atom is 0.410 e. The number of aliphatic hydroxyl groups is 1. The molecule has 33 heavy (non-hydrogen) atoms. The molecule has 1 aromatic heterocycles. The van der Waals surface area contributed by atoms with E-state index in [1.165, 1.54) is 0 Å². The summed E-state index contributed by atoms with van der Waals surface area (Å²) in [4.78, 5) is 13.9. The second-order valence-electron chi connectivity index (χ2n) is 9.29. The number of hydrogen-bond acceptors (Lipinski definition) is 6. The first-order valence-electron chi connectivity index (χ1n) is 11.2. The van der Waals surface area contributed by atoms with Crippen molar-refractivity contribution < 1.29 is 23.9 Å². The second-order valence-corrected chi connectivity index (χ2v) is 9.29. The molecule has 1 aliphatic rings. The van der Waals surface area contributed by atoms with Crippen molar-refractivity contribution in [3.05, 3.63) is 72.0 Å². The van der Waals surface area contributed by atoms with Crippen molar-refractivity contribution in [1.82, 2.24) is 10.1 Å². The monoisotopic (exact) mass is 450 g/mol. The van der Waals surface area contributed by atoms with Crippen molar-refractivity contribution in [2.45, 2.75) is 51.4 Å². The van der Waals surface area contributed by atoms with Crippen LogP contribution in [0.25, 0.3) is 11.3 Å². The van der Waals surface area contributed by atoms with Gasteiger partial charge in [-0.1, -0.05) is 47.6 Å². The maximum absolute atomic E-state index is 12.3. The molecule has 0 aliphatic carbocycles. The largest absolute Gasteiger partial charge is 0.486 e. The molecule has 174 valence electrons. The number of hydrogen-bond donors (Lipinski definition) is 1. The summed E-state index contributed by atoms with van der Waals surface area (Å²) in [5.41, 5.74) is 2.23. The van der Waals surface area contributed by atoms with Gasteiger partial charge in [0.2, 0.25) is 0 Å². The number of benzene rings is 2. The second kappa shape index (κ2) is 9.67. The number of likely N-dealkylation sites (tertiary alicyclic amines) is 1. The molecule has 7 nitrogen and oxygen atoms in total. The molecule has 1 fully saturated rings. The van der Waals surface area contributed by atoms with E-state index in [0.29, 0.717) is 24.5 Å². The van der Waals surface area contributed by atoms with E-state index in [-0.39, 0.29) is 25.2 Å². The lowest BCUT2D eigenvalue weighted by atomic mass is 9.87. The molecule has 0 bridgehead atoms. The van der Waals surface area contributed by atoms with Crippen LogP contribution in [0.1, 0.15) is 44.4 Å². The van der Waals surface area contributed by atoms with E-state index >= 15 is 0 Å². The molecule has 3 aromatic rings. The van der Waals surface area contributed by atoms with Crippen molar-refractivity contribution in [3.8, 4) is 17.0 Å². The number of ether oxygens (including phenoxy) is 2. The molecule has 7 heteroatoms. The zero-order valence-corrected chi connectivity index (χ0v) is 19.2. The fourth-order valence-electron chi connectivity index (χ4n) is 3.90. The highest BCUT2D eigenvalue weighted by molar-refractivity contribution is 5.68. The Morgan fingerprint density at radius 1 is 1.15 bits per heavy atom. The third-order valence-electron chi connectivity index (χ3n) is 5.55. The highest BCUT2D eigenvalue weighted by Crippen LogP contribution is 2.30. The molecule has 0 saturated carbocycles. The Hall–Kier alpha value is -3.32. The lowest BCUT2D eigenvalue weighted by Crippen LogP contribution is -2.47. The maximum atomic E-state index is 12.3. The van der Waals surface area contributed by atoms with E-state index in [9.17, 15) is 9.90 Å². The average Bonchev–Trinajstić information content (AvgIpc) is 3.27. The molecule has 2 aromatic carbocycles.